The fraction of sp³-hybridized carbons (Fsp3) is 0.381. The number of aromatic nitrogens is 4. The molecule has 1 atom stereocenters. The Kier molecular flexibility index (Phi) is 4.90. The topological polar surface area (TPSA) is 84.8 Å². The number of imidazole rings is 2. The van der Waals surface area contributed by atoms with Gasteiger partial charge in [0.05, 0.1) is 19.6 Å². The number of benzene rings is 1. The Labute approximate surface area is 164 Å². The Morgan fingerprint density at radius 3 is 2.93 bits per heavy atom. The second-order valence-electron chi connectivity index (χ2n) is 7.59. The molecule has 2 aromatic heterocycles. The van der Waals surface area contributed by atoms with E-state index in [1.165, 1.54) is 0 Å². The van der Waals surface area contributed by atoms with E-state index >= 15 is 0 Å². The minimum absolute atomic E-state index is 0.107. The van der Waals surface area contributed by atoms with Gasteiger partial charge in [0.1, 0.15) is 17.1 Å². The lowest BCUT2D eigenvalue weighted by molar-refractivity contribution is 0.0950. The van der Waals surface area contributed by atoms with Gasteiger partial charge in [0.2, 0.25) is 0 Å². The van der Waals surface area contributed by atoms with E-state index in [9.17, 15) is 4.79 Å². The molecule has 1 aliphatic rings. The molecule has 3 aromatic rings. The zero-order valence-corrected chi connectivity index (χ0v) is 16.4. The first-order valence-electron chi connectivity index (χ1n) is 9.57. The van der Waals surface area contributed by atoms with Gasteiger partial charge >= 0.3 is 0 Å². The number of H-pyrrole nitrogens is 1. The van der Waals surface area contributed by atoms with Crippen molar-refractivity contribution in [3.63, 3.8) is 0 Å². The summed E-state index contributed by atoms with van der Waals surface area (Å²) in [6.07, 6.45) is 4.27. The Balaban J connectivity index is 1.69. The fourth-order valence-electron chi connectivity index (χ4n) is 3.76. The van der Waals surface area contributed by atoms with Gasteiger partial charge < -0.3 is 19.6 Å². The third-order valence-corrected chi connectivity index (χ3v) is 5.05. The molecule has 1 aromatic carbocycles. The SMILES string of the molecule is COc1ccccc1C1CNC(=O)c2nc(-c3cncn3CC(C)C)[nH]c2C1. The molecule has 0 radical (unpaired) electrons. The van der Waals surface area contributed by atoms with Crippen molar-refractivity contribution in [1.82, 2.24) is 24.8 Å². The summed E-state index contributed by atoms with van der Waals surface area (Å²) >= 11 is 0. The molecule has 0 saturated heterocycles. The maximum atomic E-state index is 12.6. The molecule has 0 aliphatic carbocycles. The van der Waals surface area contributed by atoms with Crippen LogP contribution in [0.3, 0.4) is 0 Å². The fourth-order valence-corrected chi connectivity index (χ4v) is 3.76. The molecule has 0 fully saturated rings. The van der Waals surface area contributed by atoms with E-state index in [1.54, 1.807) is 19.6 Å². The summed E-state index contributed by atoms with van der Waals surface area (Å²) in [6, 6.07) is 7.95. The van der Waals surface area contributed by atoms with Gasteiger partial charge in [0.15, 0.2) is 5.82 Å². The summed E-state index contributed by atoms with van der Waals surface area (Å²) in [5, 5.41) is 3.01. The van der Waals surface area contributed by atoms with Crippen LogP contribution >= 0.6 is 0 Å². The van der Waals surface area contributed by atoms with Crippen molar-refractivity contribution in [3.8, 4) is 17.3 Å². The molecular formula is C21H25N5O2. The predicted molar refractivity (Wildman–Crippen MR) is 106 cm³/mol. The number of carbonyl (C=O) groups excluding carboxylic acids is 1. The van der Waals surface area contributed by atoms with E-state index in [-0.39, 0.29) is 11.8 Å². The molecule has 1 aliphatic heterocycles. The molecule has 7 nitrogen and oxygen atoms in total. The van der Waals surface area contributed by atoms with E-state index in [0.29, 0.717) is 30.4 Å². The number of aromatic amines is 1. The van der Waals surface area contributed by atoms with Crippen molar-refractivity contribution in [2.24, 2.45) is 5.92 Å². The van der Waals surface area contributed by atoms with E-state index in [1.807, 2.05) is 18.2 Å². The predicted octanol–water partition coefficient (Wildman–Crippen LogP) is 3.01. The highest BCUT2D eigenvalue weighted by molar-refractivity contribution is 5.94. The third-order valence-electron chi connectivity index (χ3n) is 5.05. The lowest BCUT2D eigenvalue weighted by atomic mass is 9.93. The monoisotopic (exact) mass is 379 g/mol. The molecular weight excluding hydrogens is 354 g/mol. The van der Waals surface area contributed by atoms with Gasteiger partial charge in [-0.05, 0) is 24.0 Å². The number of hydrogen-bond acceptors (Lipinski definition) is 4. The molecule has 1 unspecified atom stereocenters. The number of methoxy groups -OCH3 is 1. The molecule has 7 heteroatoms. The van der Waals surface area contributed by atoms with Crippen LogP contribution in [0.25, 0.3) is 11.5 Å². The standard InChI is InChI=1S/C21H25N5O2/c1-13(2)11-26-12-22-10-17(26)20-24-16-8-14(9-23-21(27)19(16)25-20)15-6-4-5-7-18(15)28-3/h4-7,10,12-14H,8-9,11H2,1-3H3,(H,23,27)(H,24,25). The summed E-state index contributed by atoms with van der Waals surface area (Å²) in [7, 11) is 1.67. The van der Waals surface area contributed by atoms with Gasteiger partial charge in [0.25, 0.3) is 5.91 Å². The van der Waals surface area contributed by atoms with E-state index in [4.69, 9.17) is 4.74 Å². The number of amides is 1. The molecule has 3 heterocycles. The average Bonchev–Trinajstić information content (AvgIpc) is 3.27. The Bertz CT molecular complexity index is 988. The van der Waals surface area contributed by atoms with Crippen molar-refractivity contribution < 1.29 is 9.53 Å². The number of nitrogens with one attached hydrogen (secondary N) is 2. The van der Waals surface area contributed by atoms with Crippen molar-refractivity contribution in [1.29, 1.82) is 0 Å². The van der Waals surface area contributed by atoms with Crippen LogP contribution in [0.5, 0.6) is 5.75 Å². The highest BCUT2D eigenvalue weighted by Crippen LogP contribution is 2.31. The molecule has 0 saturated carbocycles. The van der Waals surface area contributed by atoms with E-state index in [0.717, 1.165) is 29.2 Å². The quantitative estimate of drug-likeness (QED) is 0.714. The Morgan fingerprint density at radius 2 is 2.14 bits per heavy atom. The largest absolute Gasteiger partial charge is 0.496 e. The smallest absolute Gasteiger partial charge is 0.271 e. The van der Waals surface area contributed by atoms with Crippen LogP contribution in [0.2, 0.25) is 0 Å². The highest BCUT2D eigenvalue weighted by atomic mass is 16.5. The van der Waals surface area contributed by atoms with E-state index in [2.05, 4.69) is 44.7 Å². The van der Waals surface area contributed by atoms with Gasteiger partial charge in [0, 0.05) is 24.7 Å². The zero-order chi connectivity index (χ0) is 19.7. The molecule has 28 heavy (non-hydrogen) atoms. The average molecular weight is 379 g/mol. The number of ether oxygens (including phenoxy) is 1. The lowest BCUT2D eigenvalue weighted by Crippen LogP contribution is -2.26. The van der Waals surface area contributed by atoms with Crippen LogP contribution in [-0.2, 0) is 13.0 Å². The highest BCUT2D eigenvalue weighted by Gasteiger charge is 2.28. The molecule has 2 N–H and O–H groups in total. The normalized spacial score (nSPS) is 16.6. The van der Waals surface area contributed by atoms with Crippen molar-refractivity contribution in [2.45, 2.75) is 32.7 Å². The first-order valence-corrected chi connectivity index (χ1v) is 9.57. The lowest BCUT2D eigenvalue weighted by Gasteiger charge is -2.17. The van der Waals surface area contributed by atoms with Crippen LogP contribution < -0.4 is 10.1 Å². The van der Waals surface area contributed by atoms with Gasteiger partial charge in [-0.3, -0.25) is 4.79 Å². The maximum Gasteiger partial charge on any atom is 0.271 e. The summed E-state index contributed by atoms with van der Waals surface area (Å²) in [6.45, 7) is 5.71. The maximum absolute atomic E-state index is 12.6. The second-order valence-corrected chi connectivity index (χ2v) is 7.59. The van der Waals surface area contributed by atoms with Gasteiger partial charge in [-0.1, -0.05) is 32.0 Å². The number of fused-ring (bicyclic) bond motifs is 1. The molecule has 0 bridgehead atoms. The van der Waals surface area contributed by atoms with Crippen LogP contribution in [0.15, 0.2) is 36.8 Å². The first-order chi connectivity index (χ1) is 13.6. The van der Waals surface area contributed by atoms with Gasteiger partial charge in [-0.2, -0.15) is 0 Å². The Morgan fingerprint density at radius 1 is 1.32 bits per heavy atom. The number of hydrogen-bond donors (Lipinski definition) is 2. The van der Waals surface area contributed by atoms with Crippen LogP contribution in [0, 0.1) is 5.92 Å². The van der Waals surface area contributed by atoms with Crippen LogP contribution in [-0.4, -0.2) is 39.1 Å². The molecule has 4 rings (SSSR count). The molecule has 146 valence electrons. The first kappa shape index (κ1) is 18.3. The van der Waals surface area contributed by atoms with Gasteiger partial charge in [-0.25, -0.2) is 9.97 Å². The summed E-state index contributed by atoms with van der Waals surface area (Å²) in [4.78, 5) is 24.9. The second kappa shape index (κ2) is 7.50. The van der Waals surface area contributed by atoms with Crippen LogP contribution in [0.4, 0.5) is 0 Å². The minimum Gasteiger partial charge on any atom is -0.496 e. The number of carbonyl (C=O) groups is 1. The summed E-state index contributed by atoms with van der Waals surface area (Å²) in [5.74, 6) is 1.96. The van der Waals surface area contributed by atoms with Gasteiger partial charge in [-0.15, -0.1) is 0 Å². The minimum atomic E-state index is -0.148. The number of rotatable bonds is 5. The van der Waals surface area contributed by atoms with Crippen LogP contribution in [0.1, 0.15) is 41.5 Å². The van der Waals surface area contributed by atoms with Crippen molar-refractivity contribution in [3.05, 3.63) is 53.7 Å². The summed E-state index contributed by atoms with van der Waals surface area (Å²) < 4.78 is 7.59. The van der Waals surface area contributed by atoms with Crippen molar-refractivity contribution in [2.75, 3.05) is 13.7 Å². The number of para-hydroxylation sites is 1. The number of nitrogens with zero attached hydrogens (tertiary/aromatic N) is 3. The molecule has 1 amide bonds. The third kappa shape index (κ3) is 3.40. The Hall–Kier alpha value is -3.09. The van der Waals surface area contributed by atoms with E-state index < -0.39 is 0 Å². The summed E-state index contributed by atoms with van der Waals surface area (Å²) in [5.41, 5.74) is 3.28. The molecule has 0 spiro atoms. The van der Waals surface area contributed by atoms with Crippen molar-refractivity contribution >= 4 is 5.91 Å². The zero-order valence-electron chi connectivity index (χ0n) is 16.4.